The average Bonchev–Trinajstić information content (AvgIpc) is 3.64. The molecule has 2 aliphatic heterocycles. The number of piperidine rings is 1. The molecule has 2 aromatic carbocycles. The molecule has 1 saturated heterocycles. The number of methoxy groups -OCH3 is 1. The van der Waals surface area contributed by atoms with Crippen molar-refractivity contribution in [2.75, 3.05) is 20.2 Å². The van der Waals surface area contributed by atoms with Gasteiger partial charge in [0.15, 0.2) is 23.4 Å². The van der Waals surface area contributed by atoms with Crippen LogP contribution < -0.4 is 14.8 Å². The number of likely N-dealkylation sites (tertiary alicyclic amines) is 1. The van der Waals surface area contributed by atoms with Crippen LogP contribution in [0.25, 0.3) is 6.08 Å². The van der Waals surface area contributed by atoms with Gasteiger partial charge in [0.2, 0.25) is 5.91 Å². The van der Waals surface area contributed by atoms with Crippen LogP contribution in [0.3, 0.4) is 0 Å². The predicted octanol–water partition coefficient (Wildman–Crippen LogP) is 3.97. The summed E-state index contributed by atoms with van der Waals surface area (Å²) in [7, 11) is 1.65. The SMILES string of the molecule is COc1ccc2c3c1O[C@H]1C(=O)CC[C@@]4(NC(=O)/C=C/c5ccccc5C)[C@@H](C2)N(CC2CC2)CC[C@]314. The molecular weight excluding hydrogens is 464 g/mol. The summed E-state index contributed by atoms with van der Waals surface area (Å²) in [5.74, 6) is 2.17. The standard InChI is InChI=1S/C31H34N2O4/c1-19-5-3-4-6-21(19)10-12-26(35)32-31-14-13-23(34)29-30(31)15-16-33(18-20-7-8-20)25(31)17-22-9-11-24(36-2)28(37-29)27(22)30/h3-6,9-12,20,25,29H,7-8,13-18H2,1-2H3,(H,32,35)/b12-10+/t25-,29+,30+,31-/m1/s1. The second-order valence-corrected chi connectivity index (χ2v) is 11.6. The quantitative estimate of drug-likeness (QED) is 0.611. The third-order valence-electron chi connectivity index (χ3n) is 9.77. The fourth-order valence-electron chi connectivity index (χ4n) is 7.91. The van der Waals surface area contributed by atoms with Gasteiger partial charge < -0.3 is 14.8 Å². The van der Waals surface area contributed by atoms with Crippen LogP contribution in [0.1, 0.15) is 54.4 Å². The van der Waals surface area contributed by atoms with Crippen molar-refractivity contribution in [1.29, 1.82) is 0 Å². The number of rotatable bonds is 6. The first-order chi connectivity index (χ1) is 18.0. The van der Waals surface area contributed by atoms with E-state index in [9.17, 15) is 9.59 Å². The summed E-state index contributed by atoms with van der Waals surface area (Å²) in [4.78, 5) is 29.8. The van der Waals surface area contributed by atoms with E-state index in [1.807, 2.05) is 30.3 Å². The molecule has 1 spiro atoms. The van der Waals surface area contributed by atoms with E-state index in [2.05, 4.69) is 29.3 Å². The van der Waals surface area contributed by atoms with Gasteiger partial charge in [0.25, 0.3) is 0 Å². The van der Waals surface area contributed by atoms with Gasteiger partial charge in [-0.05, 0) is 80.3 Å². The summed E-state index contributed by atoms with van der Waals surface area (Å²) in [6, 6.07) is 12.3. The molecule has 6 nitrogen and oxygen atoms in total. The zero-order valence-corrected chi connectivity index (χ0v) is 21.6. The highest BCUT2D eigenvalue weighted by molar-refractivity contribution is 5.95. The number of hydrogen-bond donors (Lipinski definition) is 1. The molecule has 1 amide bonds. The van der Waals surface area contributed by atoms with E-state index in [0.717, 1.165) is 48.5 Å². The minimum Gasteiger partial charge on any atom is -0.493 e. The molecule has 192 valence electrons. The second kappa shape index (κ2) is 8.19. The van der Waals surface area contributed by atoms with Gasteiger partial charge in [-0.2, -0.15) is 0 Å². The normalized spacial score (nSPS) is 31.7. The van der Waals surface area contributed by atoms with Crippen LogP contribution in [-0.4, -0.2) is 54.5 Å². The van der Waals surface area contributed by atoms with Crippen LogP contribution in [0.4, 0.5) is 0 Å². The maximum absolute atomic E-state index is 13.7. The molecule has 2 aromatic rings. The van der Waals surface area contributed by atoms with Crippen LogP contribution in [0.15, 0.2) is 42.5 Å². The van der Waals surface area contributed by atoms with Crippen molar-refractivity contribution in [3.8, 4) is 11.5 Å². The van der Waals surface area contributed by atoms with Crippen molar-refractivity contribution in [3.63, 3.8) is 0 Å². The number of benzene rings is 2. The fourth-order valence-corrected chi connectivity index (χ4v) is 7.91. The molecule has 0 aromatic heterocycles. The van der Waals surface area contributed by atoms with E-state index >= 15 is 0 Å². The van der Waals surface area contributed by atoms with Gasteiger partial charge in [-0.1, -0.05) is 30.3 Å². The van der Waals surface area contributed by atoms with Gasteiger partial charge in [0, 0.05) is 30.6 Å². The third kappa shape index (κ3) is 3.21. The highest BCUT2D eigenvalue weighted by Gasteiger charge is 2.73. The highest BCUT2D eigenvalue weighted by atomic mass is 16.5. The first-order valence-electron chi connectivity index (χ1n) is 13.7. The zero-order valence-electron chi connectivity index (χ0n) is 21.6. The van der Waals surface area contributed by atoms with E-state index in [0.29, 0.717) is 24.3 Å². The van der Waals surface area contributed by atoms with Crippen molar-refractivity contribution < 1.29 is 19.1 Å². The van der Waals surface area contributed by atoms with Gasteiger partial charge in [-0.25, -0.2) is 0 Å². The number of carbonyl (C=O) groups is 2. The lowest BCUT2D eigenvalue weighted by Gasteiger charge is -2.65. The van der Waals surface area contributed by atoms with Gasteiger partial charge in [0.1, 0.15) is 0 Å². The predicted molar refractivity (Wildman–Crippen MR) is 141 cm³/mol. The van der Waals surface area contributed by atoms with Crippen LogP contribution in [0.2, 0.25) is 0 Å². The topological polar surface area (TPSA) is 67.9 Å². The summed E-state index contributed by atoms with van der Waals surface area (Å²) < 4.78 is 12.2. The molecule has 3 aliphatic carbocycles. The highest BCUT2D eigenvalue weighted by Crippen LogP contribution is 2.65. The molecule has 1 N–H and O–H groups in total. The molecule has 2 heterocycles. The van der Waals surface area contributed by atoms with Crippen LogP contribution in [-0.2, 0) is 21.4 Å². The summed E-state index contributed by atoms with van der Waals surface area (Å²) in [6.45, 7) is 4.03. The maximum atomic E-state index is 13.7. The van der Waals surface area contributed by atoms with E-state index < -0.39 is 17.1 Å². The van der Waals surface area contributed by atoms with Gasteiger partial charge in [-0.15, -0.1) is 0 Å². The minimum absolute atomic E-state index is 0.103. The number of nitrogens with zero attached hydrogens (tertiary/aromatic N) is 1. The summed E-state index contributed by atoms with van der Waals surface area (Å²) in [6.07, 6.45) is 8.23. The van der Waals surface area contributed by atoms with E-state index in [1.165, 1.54) is 18.4 Å². The van der Waals surface area contributed by atoms with Crippen molar-refractivity contribution >= 4 is 17.8 Å². The number of carbonyl (C=O) groups excluding carboxylic acids is 2. The molecule has 6 heteroatoms. The molecule has 2 saturated carbocycles. The number of aryl methyl sites for hydroxylation is 1. The number of ether oxygens (including phenoxy) is 2. The Morgan fingerprint density at radius 2 is 2.05 bits per heavy atom. The lowest BCUT2D eigenvalue weighted by Crippen LogP contribution is -2.81. The van der Waals surface area contributed by atoms with Crippen molar-refractivity contribution in [3.05, 3.63) is 64.7 Å². The lowest BCUT2D eigenvalue weighted by atomic mass is 9.47. The summed E-state index contributed by atoms with van der Waals surface area (Å²) in [5, 5.41) is 3.56. The number of nitrogens with one attached hydrogen (secondary N) is 1. The Morgan fingerprint density at radius 1 is 1.22 bits per heavy atom. The lowest BCUT2D eigenvalue weighted by molar-refractivity contribution is -0.148. The van der Waals surface area contributed by atoms with Gasteiger partial charge >= 0.3 is 0 Å². The Hall–Kier alpha value is -3.12. The van der Waals surface area contributed by atoms with Crippen molar-refractivity contribution in [2.24, 2.45) is 5.92 Å². The van der Waals surface area contributed by atoms with E-state index in [4.69, 9.17) is 9.47 Å². The van der Waals surface area contributed by atoms with E-state index in [-0.39, 0.29) is 17.7 Å². The van der Waals surface area contributed by atoms with E-state index in [1.54, 1.807) is 13.2 Å². The molecule has 4 atom stereocenters. The van der Waals surface area contributed by atoms with Crippen LogP contribution >= 0.6 is 0 Å². The molecule has 3 fully saturated rings. The van der Waals surface area contributed by atoms with Crippen LogP contribution in [0, 0.1) is 12.8 Å². The van der Waals surface area contributed by atoms with Gasteiger partial charge in [0.05, 0.1) is 18.1 Å². The largest absolute Gasteiger partial charge is 0.493 e. The summed E-state index contributed by atoms with van der Waals surface area (Å²) in [5.41, 5.74) is 3.36. The van der Waals surface area contributed by atoms with Crippen LogP contribution in [0.5, 0.6) is 11.5 Å². The zero-order chi connectivity index (χ0) is 25.4. The number of hydrogen-bond acceptors (Lipinski definition) is 5. The Labute approximate surface area is 218 Å². The first kappa shape index (κ1) is 23.0. The third-order valence-corrected chi connectivity index (χ3v) is 9.77. The molecule has 7 rings (SSSR count). The van der Waals surface area contributed by atoms with Crippen molar-refractivity contribution in [1.82, 2.24) is 10.2 Å². The Morgan fingerprint density at radius 3 is 2.84 bits per heavy atom. The smallest absolute Gasteiger partial charge is 0.244 e. The minimum atomic E-state index is -0.585. The number of ketones is 1. The Balaban J connectivity index is 1.35. The molecule has 5 aliphatic rings. The Kier molecular flexibility index (Phi) is 5.10. The molecular formula is C31H34N2O4. The molecule has 0 unspecified atom stereocenters. The number of Topliss-reactive ketones (excluding diaryl/α,β-unsaturated/α-hetero) is 1. The van der Waals surface area contributed by atoms with Crippen molar-refractivity contribution in [2.45, 2.75) is 68.5 Å². The molecule has 0 radical (unpaired) electrons. The van der Waals surface area contributed by atoms with Gasteiger partial charge in [-0.3, -0.25) is 14.5 Å². The molecule has 2 bridgehead atoms. The fraction of sp³-hybridized carbons (Fsp3) is 0.484. The first-order valence-corrected chi connectivity index (χ1v) is 13.7. The monoisotopic (exact) mass is 498 g/mol. The summed E-state index contributed by atoms with van der Waals surface area (Å²) >= 11 is 0. The Bertz CT molecular complexity index is 1330. The molecule has 37 heavy (non-hydrogen) atoms. The maximum Gasteiger partial charge on any atom is 0.244 e. The number of amides is 1. The second-order valence-electron chi connectivity index (χ2n) is 11.6. The average molecular weight is 499 g/mol.